The molecule has 2 aliphatic heterocycles. The number of benzene rings is 1. The van der Waals surface area contributed by atoms with Crippen LogP contribution < -0.4 is 10.2 Å². The summed E-state index contributed by atoms with van der Waals surface area (Å²) in [6.45, 7) is 10.6. The summed E-state index contributed by atoms with van der Waals surface area (Å²) in [7, 11) is 0. The molecule has 0 aliphatic carbocycles. The van der Waals surface area contributed by atoms with E-state index in [4.69, 9.17) is 0 Å². The maximum atomic E-state index is 3.87. The SMILES string of the molecule is CCN1CCCC[C@@H]1CNC1CCN(c2ccccc2C)CC1. The summed E-state index contributed by atoms with van der Waals surface area (Å²) in [6.07, 6.45) is 6.72. The highest BCUT2D eigenvalue weighted by Gasteiger charge is 2.24. The van der Waals surface area contributed by atoms with Crippen molar-refractivity contribution in [2.75, 3.05) is 37.6 Å². The summed E-state index contributed by atoms with van der Waals surface area (Å²) in [5, 5.41) is 3.87. The van der Waals surface area contributed by atoms with Crippen LogP contribution in [0.5, 0.6) is 0 Å². The third kappa shape index (κ3) is 4.27. The topological polar surface area (TPSA) is 18.5 Å². The Balaban J connectivity index is 1.45. The monoisotopic (exact) mass is 315 g/mol. The molecule has 2 aliphatic rings. The summed E-state index contributed by atoms with van der Waals surface area (Å²) in [6, 6.07) is 10.3. The van der Waals surface area contributed by atoms with Gasteiger partial charge in [-0.1, -0.05) is 31.5 Å². The Hall–Kier alpha value is -1.06. The maximum absolute atomic E-state index is 3.87. The van der Waals surface area contributed by atoms with Crippen LogP contribution in [0.2, 0.25) is 0 Å². The number of aryl methyl sites for hydroxylation is 1. The van der Waals surface area contributed by atoms with Crippen molar-refractivity contribution in [1.82, 2.24) is 10.2 Å². The molecule has 0 amide bonds. The molecule has 3 nitrogen and oxygen atoms in total. The fourth-order valence-electron chi connectivity index (χ4n) is 4.25. The van der Waals surface area contributed by atoms with E-state index >= 15 is 0 Å². The van der Waals surface area contributed by atoms with Crippen molar-refractivity contribution >= 4 is 5.69 Å². The average molecular weight is 316 g/mol. The number of anilines is 1. The van der Waals surface area contributed by atoms with Crippen LogP contribution in [-0.4, -0.2) is 49.7 Å². The lowest BCUT2D eigenvalue weighted by Gasteiger charge is -2.38. The standard InChI is InChI=1S/C20H33N3/c1-3-22-13-7-6-9-19(22)16-21-18-11-14-23(15-12-18)20-10-5-4-8-17(20)2/h4-5,8,10,18-19,21H,3,6-7,9,11-16H2,1-2H3/t19-/m1/s1. The van der Waals surface area contributed by atoms with Gasteiger partial charge in [-0.15, -0.1) is 0 Å². The van der Waals surface area contributed by atoms with E-state index in [1.54, 1.807) is 0 Å². The number of rotatable bonds is 5. The Bertz CT molecular complexity index is 480. The summed E-state index contributed by atoms with van der Waals surface area (Å²) in [4.78, 5) is 5.23. The summed E-state index contributed by atoms with van der Waals surface area (Å²) >= 11 is 0. The third-order valence-electron chi connectivity index (χ3n) is 5.75. The van der Waals surface area contributed by atoms with Crippen LogP contribution in [0.1, 0.15) is 44.6 Å². The van der Waals surface area contributed by atoms with E-state index in [2.05, 4.69) is 53.2 Å². The lowest BCUT2D eigenvalue weighted by atomic mass is 9.99. The van der Waals surface area contributed by atoms with E-state index < -0.39 is 0 Å². The minimum absolute atomic E-state index is 0.705. The van der Waals surface area contributed by atoms with Crippen molar-refractivity contribution in [1.29, 1.82) is 0 Å². The van der Waals surface area contributed by atoms with E-state index in [0.29, 0.717) is 6.04 Å². The second-order valence-electron chi connectivity index (χ2n) is 7.23. The molecule has 1 N–H and O–H groups in total. The fraction of sp³-hybridized carbons (Fsp3) is 0.700. The Morgan fingerprint density at radius 3 is 2.57 bits per heavy atom. The Kier molecular flexibility index (Phi) is 5.96. The second kappa shape index (κ2) is 8.16. The van der Waals surface area contributed by atoms with Crippen LogP contribution in [0.15, 0.2) is 24.3 Å². The number of nitrogens with one attached hydrogen (secondary N) is 1. The van der Waals surface area contributed by atoms with Crippen molar-refractivity contribution in [3.63, 3.8) is 0 Å². The van der Waals surface area contributed by atoms with E-state index in [1.807, 2.05) is 0 Å². The van der Waals surface area contributed by atoms with Gasteiger partial charge in [0, 0.05) is 37.4 Å². The number of hydrogen-bond donors (Lipinski definition) is 1. The van der Waals surface area contributed by atoms with Crippen LogP contribution in [-0.2, 0) is 0 Å². The molecule has 0 spiro atoms. The van der Waals surface area contributed by atoms with Gasteiger partial charge in [-0.25, -0.2) is 0 Å². The highest BCUT2D eigenvalue weighted by Crippen LogP contribution is 2.23. The molecular formula is C20H33N3. The molecule has 23 heavy (non-hydrogen) atoms. The van der Waals surface area contributed by atoms with E-state index in [9.17, 15) is 0 Å². The number of nitrogens with zero attached hydrogens (tertiary/aromatic N) is 2. The predicted octanol–water partition coefficient (Wildman–Crippen LogP) is 3.43. The van der Waals surface area contributed by atoms with Gasteiger partial charge in [0.15, 0.2) is 0 Å². The third-order valence-corrected chi connectivity index (χ3v) is 5.75. The molecular weight excluding hydrogens is 282 g/mol. The quantitative estimate of drug-likeness (QED) is 0.898. The summed E-state index contributed by atoms with van der Waals surface area (Å²) in [5.74, 6) is 0. The molecule has 0 saturated carbocycles. The van der Waals surface area contributed by atoms with Gasteiger partial charge < -0.3 is 10.2 Å². The second-order valence-corrected chi connectivity index (χ2v) is 7.23. The number of likely N-dealkylation sites (tertiary alicyclic amines) is 1. The van der Waals surface area contributed by atoms with Crippen LogP contribution in [0, 0.1) is 6.92 Å². The molecule has 128 valence electrons. The molecule has 3 heteroatoms. The number of likely N-dealkylation sites (N-methyl/N-ethyl adjacent to an activating group) is 1. The van der Waals surface area contributed by atoms with Crippen molar-refractivity contribution < 1.29 is 0 Å². The smallest absolute Gasteiger partial charge is 0.0395 e. The molecule has 0 aromatic heterocycles. The van der Waals surface area contributed by atoms with Gasteiger partial charge in [-0.3, -0.25) is 4.90 Å². The summed E-state index contributed by atoms with van der Waals surface area (Å²) in [5.41, 5.74) is 2.83. The van der Waals surface area contributed by atoms with Gasteiger partial charge in [0.25, 0.3) is 0 Å². The first kappa shape index (κ1) is 16.8. The molecule has 0 bridgehead atoms. The Morgan fingerprint density at radius 1 is 1.04 bits per heavy atom. The highest BCUT2D eigenvalue weighted by atomic mass is 15.2. The Labute approximate surface area is 142 Å². The van der Waals surface area contributed by atoms with Gasteiger partial charge in [0.05, 0.1) is 0 Å². The molecule has 2 saturated heterocycles. The van der Waals surface area contributed by atoms with Crippen LogP contribution >= 0.6 is 0 Å². The van der Waals surface area contributed by atoms with Gasteiger partial charge in [0.2, 0.25) is 0 Å². The first-order valence-corrected chi connectivity index (χ1v) is 9.56. The molecule has 2 heterocycles. The first-order valence-electron chi connectivity index (χ1n) is 9.56. The van der Waals surface area contributed by atoms with Gasteiger partial charge in [0.1, 0.15) is 0 Å². The molecule has 1 aromatic rings. The lowest BCUT2D eigenvalue weighted by Crippen LogP contribution is -2.50. The molecule has 2 fully saturated rings. The zero-order valence-corrected chi connectivity index (χ0v) is 14.9. The zero-order valence-electron chi connectivity index (χ0n) is 14.9. The van der Waals surface area contributed by atoms with Gasteiger partial charge in [-0.2, -0.15) is 0 Å². The van der Waals surface area contributed by atoms with Crippen molar-refractivity contribution in [2.45, 2.75) is 58.0 Å². The average Bonchev–Trinajstić information content (AvgIpc) is 2.61. The normalized spacial score (nSPS) is 24.1. The Morgan fingerprint density at radius 2 is 1.83 bits per heavy atom. The molecule has 3 rings (SSSR count). The van der Waals surface area contributed by atoms with Crippen molar-refractivity contribution in [2.24, 2.45) is 0 Å². The van der Waals surface area contributed by atoms with Crippen molar-refractivity contribution in [3.05, 3.63) is 29.8 Å². The van der Waals surface area contributed by atoms with Gasteiger partial charge in [-0.05, 0) is 57.3 Å². The molecule has 1 aromatic carbocycles. The summed E-state index contributed by atoms with van der Waals surface area (Å²) < 4.78 is 0. The maximum Gasteiger partial charge on any atom is 0.0395 e. The lowest BCUT2D eigenvalue weighted by molar-refractivity contribution is 0.148. The number of piperidine rings is 2. The van der Waals surface area contributed by atoms with Crippen LogP contribution in [0.3, 0.4) is 0 Å². The van der Waals surface area contributed by atoms with Gasteiger partial charge >= 0.3 is 0 Å². The number of para-hydroxylation sites is 1. The minimum atomic E-state index is 0.705. The van der Waals surface area contributed by atoms with E-state index in [0.717, 1.165) is 6.04 Å². The van der Waals surface area contributed by atoms with E-state index in [1.165, 1.54) is 76.1 Å². The van der Waals surface area contributed by atoms with Crippen LogP contribution in [0.25, 0.3) is 0 Å². The minimum Gasteiger partial charge on any atom is -0.371 e. The molecule has 0 unspecified atom stereocenters. The highest BCUT2D eigenvalue weighted by molar-refractivity contribution is 5.53. The largest absolute Gasteiger partial charge is 0.371 e. The zero-order chi connectivity index (χ0) is 16.1. The molecule has 0 radical (unpaired) electrons. The fourth-order valence-corrected chi connectivity index (χ4v) is 4.25. The predicted molar refractivity (Wildman–Crippen MR) is 99.3 cm³/mol. The van der Waals surface area contributed by atoms with Crippen molar-refractivity contribution in [3.8, 4) is 0 Å². The van der Waals surface area contributed by atoms with Crippen LogP contribution in [0.4, 0.5) is 5.69 Å². The number of hydrogen-bond acceptors (Lipinski definition) is 3. The van der Waals surface area contributed by atoms with E-state index in [-0.39, 0.29) is 0 Å². The molecule has 1 atom stereocenters. The first-order chi connectivity index (χ1) is 11.3.